The van der Waals surface area contributed by atoms with Crippen LogP contribution in [0.3, 0.4) is 0 Å². The van der Waals surface area contributed by atoms with E-state index >= 15 is 0 Å². The Labute approximate surface area is 126 Å². The molecule has 0 amide bonds. The van der Waals surface area contributed by atoms with E-state index < -0.39 is 0 Å². The molecule has 0 radical (unpaired) electrons. The van der Waals surface area contributed by atoms with E-state index in [2.05, 4.69) is 4.72 Å². The molecule has 2 N–H and O–H groups in total. The fourth-order valence-corrected chi connectivity index (χ4v) is 2.59. The van der Waals surface area contributed by atoms with Gasteiger partial charge in [0.1, 0.15) is 0 Å². The van der Waals surface area contributed by atoms with Crippen molar-refractivity contribution in [2.75, 3.05) is 6.61 Å². The number of aliphatic hydroxyl groups is 1. The molecular formula is C14H13Cl2NOS. The molecule has 0 heterocycles. The van der Waals surface area contributed by atoms with Crippen LogP contribution < -0.4 is 4.72 Å². The molecule has 100 valence electrons. The molecule has 2 nitrogen and oxygen atoms in total. The molecule has 0 unspecified atom stereocenters. The van der Waals surface area contributed by atoms with Crippen molar-refractivity contribution in [3.05, 3.63) is 63.8 Å². The van der Waals surface area contributed by atoms with Gasteiger partial charge in [-0.25, -0.2) is 0 Å². The van der Waals surface area contributed by atoms with E-state index in [0.717, 1.165) is 22.6 Å². The lowest BCUT2D eigenvalue weighted by Crippen LogP contribution is -2.08. The van der Waals surface area contributed by atoms with Crippen LogP contribution in [-0.2, 0) is 0 Å². The normalized spacial score (nSPS) is 15.2. The average Bonchev–Trinajstić information content (AvgIpc) is 2.59. The molecule has 0 atom stereocenters. The quantitative estimate of drug-likeness (QED) is 0.814. The second kappa shape index (κ2) is 7.06. The first kappa shape index (κ1) is 14.5. The predicted molar refractivity (Wildman–Crippen MR) is 82.2 cm³/mol. The number of hydrogen-bond donors (Lipinski definition) is 2. The zero-order valence-corrected chi connectivity index (χ0v) is 12.4. The van der Waals surface area contributed by atoms with Crippen LogP contribution in [0.1, 0.15) is 6.42 Å². The Morgan fingerprint density at radius 2 is 1.89 bits per heavy atom. The van der Waals surface area contributed by atoms with Gasteiger partial charge >= 0.3 is 0 Å². The van der Waals surface area contributed by atoms with Crippen LogP contribution in [0.4, 0.5) is 0 Å². The molecule has 0 saturated heterocycles. The molecular weight excluding hydrogens is 301 g/mol. The van der Waals surface area contributed by atoms with Crippen LogP contribution in [0.25, 0.3) is 0 Å². The van der Waals surface area contributed by atoms with Crippen LogP contribution in [0, 0.1) is 0 Å². The van der Waals surface area contributed by atoms with Gasteiger partial charge in [0.2, 0.25) is 0 Å². The minimum absolute atomic E-state index is 0.0159. The second-order valence-electron chi connectivity index (χ2n) is 3.93. The lowest BCUT2D eigenvalue weighted by molar-refractivity contribution is 0.332. The maximum absolute atomic E-state index is 9.36. The van der Waals surface area contributed by atoms with E-state index in [9.17, 15) is 5.11 Å². The average molecular weight is 314 g/mol. The molecule has 1 aliphatic carbocycles. The summed E-state index contributed by atoms with van der Waals surface area (Å²) >= 11 is 13.3. The lowest BCUT2D eigenvalue weighted by atomic mass is 10.2. The lowest BCUT2D eigenvalue weighted by Gasteiger charge is -2.11. The number of halogens is 2. The van der Waals surface area contributed by atoms with Crippen molar-refractivity contribution >= 4 is 35.1 Å². The Kier molecular flexibility index (Phi) is 5.40. The molecule has 0 saturated carbocycles. The minimum Gasteiger partial charge on any atom is -0.392 e. The molecule has 0 aromatic heterocycles. The number of benzene rings is 1. The maximum Gasteiger partial charge on any atom is 0.0699 e. The van der Waals surface area contributed by atoms with Crippen LogP contribution in [0.2, 0.25) is 5.02 Å². The topological polar surface area (TPSA) is 32.3 Å². The zero-order chi connectivity index (χ0) is 13.7. The summed E-state index contributed by atoms with van der Waals surface area (Å²) in [6.07, 6.45) is 6.40. The first-order valence-electron chi connectivity index (χ1n) is 5.75. The van der Waals surface area contributed by atoms with Crippen LogP contribution in [0.5, 0.6) is 0 Å². The third-order valence-electron chi connectivity index (χ3n) is 2.57. The largest absolute Gasteiger partial charge is 0.392 e. The molecule has 1 aliphatic rings. The van der Waals surface area contributed by atoms with Crippen LogP contribution in [-0.4, -0.2) is 11.7 Å². The monoisotopic (exact) mass is 313 g/mol. The highest BCUT2D eigenvalue weighted by Crippen LogP contribution is 2.24. The number of allylic oxidation sites excluding steroid dienone is 4. The summed E-state index contributed by atoms with van der Waals surface area (Å²) in [5, 5.41) is 10.7. The van der Waals surface area contributed by atoms with E-state index in [1.54, 1.807) is 0 Å². The standard InChI is InChI=1S/C14H13Cl2NOS/c15-11-4-6-13(7-5-11)19-17-14-8-12(16)3-1-2-10(14)9-18/h2-8,17-18H,1,9H2. The van der Waals surface area contributed by atoms with Gasteiger partial charge in [0, 0.05) is 15.0 Å². The highest BCUT2D eigenvalue weighted by Gasteiger charge is 2.08. The van der Waals surface area contributed by atoms with Crippen molar-refractivity contribution in [1.29, 1.82) is 0 Å². The summed E-state index contributed by atoms with van der Waals surface area (Å²) in [5.41, 5.74) is 1.66. The SMILES string of the molecule is OCC1=CCC=C(Cl)C=C1NSc1ccc(Cl)cc1. The van der Waals surface area contributed by atoms with Crippen molar-refractivity contribution in [1.82, 2.24) is 4.72 Å². The van der Waals surface area contributed by atoms with Gasteiger partial charge in [-0.2, -0.15) is 0 Å². The summed E-state index contributed by atoms with van der Waals surface area (Å²) < 4.78 is 3.21. The molecule has 19 heavy (non-hydrogen) atoms. The molecule has 1 aromatic carbocycles. The summed E-state index contributed by atoms with van der Waals surface area (Å²) in [7, 11) is 0. The smallest absolute Gasteiger partial charge is 0.0699 e. The van der Waals surface area contributed by atoms with Gasteiger partial charge in [-0.15, -0.1) is 0 Å². The molecule has 2 rings (SSSR count). The fourth-order valence-electron chi connectivity index (χ4n) is 1.57. The Morgan fingerprint density at radius 3 is 2.58 bits per heavy atom. The number of rotatable bonds is 4. The molecule has 0 bridgehead atoms. The van der Waals surface area contributed by atoms with Gasteiger partial charge in [-0.05, 0) is 54.3 Å². The van der Waals surface area contributed by atoms with Gasteiger partial charge in [0.25, 0.3) is 0 Å². The van der Waals surface area contributed by atoms with Gasteiger partial charge in [0.05, 0.1) is 12.3 Å². The highest BCUT2D eigenvalue weighted by molar-refractivity contribution is 7.97. The molecule has 5 heteroatoms. The van der Waals surface area contributed by atoms with Crippen LogP contribution in [0.15, 0.2) is 63.7 Å². The third kappa shape index (κ3) is 4.32. The van der Waals surface area contributed by atoms with E-state index in [4.69, 9.17) is 23.2 Å². The Bertz CT molecular complexity index is 535. The van der Waals surface area contributed by atoms with Gasteiger partial charge < -0.3 is 9.83 Å². The maximum atomic E-state index is 9.36. The van der Waals surface area contributed by atoms with Crippen molar-refractivity contribution in [2.45, 2.75) is 11.3 Å². The van der Waals surface area contributed by atoms with Crippen molar-refractivity contribution in [3.8, 4) is 0 Å². The molecule has 0 spiro atoms. The second-order valence-corrected chi connectivity index (χ2v) is 5.68. The van der Waals surface area contributed by atoms with E-state index in [-0.39, 0.29) is 6.61 Å². The predicted octanol–water partition coefficient (Wildman–Crippen LogP) is 4.27. The third-order valence-corrected chi connectivity index (χ3v) is 3.91. The summed E-state index contributed by atoms with van der Waals surface area (Å²) in [4.78, 5) is 1.03. The minimum atomic E-state index is -0.0159. The highest BCUT2D eigenvalue weighted by atomic mass is 35.5. The van der Waals surface area contributed by atoms with E-state index in [0.29, 0.717) is 10.1 Å². The first-order valence-corrected chi connectivity index (χ1v) is 7.32. The van der Waals surface area contributed by atoms with Crippen molar-refractivity contribution in [2.24, 2.45) is 0 Å². The molecule has 1 aromatic rings. The van der Waals surface area contributed by atoms with Gasteiger partial charge in [0.15, 0.2) is 0 Å². The summed E-state index contributed by atoms with van der Waals surface area (Å²) in [6.45, 7) is -0.0159. The van der Waals surface area contributed by atoms with Gasteiger partial charge in [-0.1, -0.05) is 35.4 Å². The fraction of sp³-hybridized carbons (Fsp3) is 0.143. The Morgan fingerprint density at radius 1 is 1.16 bits per heavy atom. The summed E-state index contributed by atoms with van der Waals surface area (Å²) in [5.74, 6) is 0. The van der Waals surface area contributed by atoms with E-state index in [1.807, 2.05) is 42.5 Å². The number of nitrogens with one attached hydrogen (secondary N) is 1. The van der Waals surface area contributed by atoms with E-state index in [1.165, 1.54) is 11.9 Å². The Balaban J connectivity index is 2.08. The van der Waals surface area contributed by atoms with Crippen molar-refractivity contribution in [3.63, 3.8) is 0 Å². The molecule has 0 fully saturated rings. The van der Waals surface area contributed by atoms with Crippen LogP contribution >= 0.6 is 35.1 Å². The number of hydrogen-bond acceptors (Lipinski definition) is 3. The van der Waals surface area contributed by atoms with Gasteiger partial charge in [-0.3, -0.25) is 0 Å². The Hall–Kier alpha value is -0.870. The molecule has 0 aliphatic heterocycles. The first-order chi connectivity index (χ1) is 9.19. The number of aliphatic hydroxyl groups excluding tert-OH is 1. The van der Waals surface area contributed by atoms with Crippen molar-refractivity contribution < 1.29 is 5.11 Å². The summed E-state index contributed by atoms with van der Waals surface area (Å²) in [6, 6.07) is 7.53. The zero-order valence-electron chi connectivity index (χ0n) is 10.1.